The summed E-state index contributed by atoms with van der Waals surface area (Å²) in [6.45, 7) is 1.93. The minimum Gasteiger partial charge on any atom is -0.357 e. The third-order valence-electron chi connectivity index (χ3n) is 2.23. The fourth-order valence-electron chi connectivity index (χ4n) is 1.49. The Morgan fingerprint density at radius 3 is 2.62 bits per heavy atom. The van der Waals surface area contributed by atoms with Crippen LogP contribution in [0.5, 0.6) is 0 Å². The lowest BCUT2D eigenvalue weighted by Gasteiger charge is -2.06. The number of nitrogens with one attached hydrogen (secondary N) is 1. The van der Waals surface area contributed by atoms with Crippen molar-refractivity contribution in [2.24, 2.45) is 0 Å². The van der Waals surface area contributed by atoms with Crippen LogP contribution in [0.1, 0.15) is 5.69 Å². The zero-order valence-electron chi connectivity index (χ0n) is 9.16. The zero-order chi connectivity index (χ0) is 11.5. The molecule has 1 aromatic carbocycles. The van der Waals surface area contributed by atoms with Crippen molar-refractivity contribution in [1.82, 2.24) is 9.97 Å². The fourth-order valence-corrected chi connectivity index (χ4v) is 1.72. The van der Waals surface area contributed by atoms with Crippen LogP contribution in [0.2, 0.25) is 5.02 Å². The number of rotatable bonds is 2. The summed E-state index contributed by atoms with van der Waals surface area (Å²) in [7, 11) is 1.80. The molecule has 0 saturated heterocycles. The molecule has 0 fully saturated rings. The lowest BCUT2D eigenvalue weighted by atomic mass is 10.1. The summed E-state index contributed by atoms with van der Waals surface area (Å²) in [6.07, 6.45) is 0. The van der Waals surface area contributed by atoms with Gasteiger partial charge in [0.05, 0.1) is 5.69 Å². The van der Waals surface area contributed by atoms with Crippen molar-refractivity contribution in [1.29, 1.82) is 0 Å². The highest BCUT2D eigenvalue weighted by Crippen LogP contribution is 2.26. The SMILES string of the molecule is CNc1nc(C)cc(-c2ccccc2Cl)n1. The maximum atomic E-state index is 6.13. The highest BCUT2D eigenvalue weighted by molar-refractivity contribution is 6.33. The van der Waals surface area contributed by atoms with E-state index in [9.17, 15) is 0 Å². The van der Waals surface area contributed by atoms with Crippen LogP contribution in [0.3, 0.4) is 0 Å². The molecular formula is C12H12ClN3. The van der Waals surface area contributed by atoms with Crippen molar-refractivity contribution in [3.63, 3.8) is 0 Å². The van der Waals surface area contributed by atoms with Gasteiger partial charge in [0.2, 0.25) is 5.95 Å². The first-order valence-corrected chi connectivity index (χ1v) is 5.37. The second-order valence-electron chi connectivity index (χ2n) is 3.45. The van der Waals surface area contributed by atoms with Crippen LogP contribution in [-0.4, -0.2) is 17.0 Å². The quantitative estimate of drug-likeness (QED) is 0.866. The summed E-state index contributed by atoms with van der Waals surface area (Å²) in [5.74, 6) is 0.606. The van der Waals surface area contributed by atoms with E-state index in [0.717, 1.165) is 17.0 Å². The van der Waals surface area contributed by atoms with E-state index < -0.39 is 0 Å². The van der Waals surface area contributed by atoms with Crippen molar-refractivity contribution in [2.75, 3.05) is 12.4 Å². The molecule has 0 aliphatic heterocycles. The second-order valence-corrected chi connectivity index (χ2v) is 3.86. The Bertz CT molecular complexity index is 511. The first-order chi connectivity index (χ1) is 7.70. The van der Waals surface area contributed by atoms with E-state index in [1.165, 1.54) is 0 Å². The number of hydrogen-bond donors (Lipinski definition) is 1. The predicted molar refractivity (Wildman–Crippen MR) is 66.8 cm³/mol. The molecule has 0 radical (unpaired) electrons. The van der Waals surface area contributed by atoms with Gasteiger partial charge in [0.15, 0.2) is 0 Å². The van der Waals surface area contributed by atoms with Gasteiger partial charge in [0, 0.05) is 23.3 Å². The van der Waals surface area contributed by atoms with E-state index in [-0.39, 0.29) is 0 Å². The summed E-state index contributed by atoms with van der Waals surface area (Å²) < 4.78 is 0. The van der Waals surface area contributed by atoms with Crippen LogP contribution >= 0.6 is 11.6 Å². The molecule has 2 aromatic rings. The summed E-state index contributed by atoms with van der Waals surface area (Å²) in [5, 5.41) is 3.63. The number of aryl methyl sites for hydroxylation is 1. The Morgan fingerprint density at radius 2 is 1.94 bits per heavy atom. The fraction of sp³-hybridized carbons (Fsp3) is 0.167. The largest absolute Gasteiger partial charge is 0.357 e. The van der Waals surface area contributed by atoms with Crippen molar-refractivity contribution < 1.29 is 0 Å². The Balaban J connectivity index is 2.56. The maximum absolute atomic E-state index is 6.13. The number of hydrogen-bond acceptors (Lipinski definition) is 3. The molecule has 16 heavy (non-hydrogen) atoms. The average molecular weight is 234 g/mol. The van der Waals surface area contributed by atoms with E-state index in [1.54, 1.807) is 7.05 Å². The maximum Gasteiger partial charge on any atom is 0.223 e. The lowest BCUT2D eigenvalue weighted by molar-refractivity contribution is 1.10. The number of benzene rings is 1. The molecule has 0 aliphatic carbocycles. The Morgan fingerprint density at radius 1 is 1.19 bits per heavy atom. The zero-order valence-corrected chi connectivity index (χ0v) is 9.92. The van der Waals surface area contributed by atoms with Gasteiger partial charge in [-0.05, 0) is 19.1 Å². The van der Waals surface area contributed by atoms with Gasteiger partial charge >= 0.3 is 0 Å². The lowest BCUT2D eigenvalue weighted by Crippen LogP contribution is -1.99. The molecule has 0 saturated carbocycles. The Hall–Kier alpha value is -1.61. The van der Waals surface area contributed by atoms with Gasteiger partial charge < -0.3 is 5.32 Å². The third-order valence-corrected chi connectivity index (χ3v) is 2.56. The van der Waals surface area contributed by atoms with E-state index in [0.29, 0.717) is 11.0 Å². The molecule has 0 bridgehead atoms. The third kappa shape index (κ3) is 2.14. The number of halogens is 1. The molecule has 1 aromatic heterocycles. The first-order valence-electron chi connectivity index (χ1n) is 4.99. The highest BCUT2D eigenvalue weighted by atomic mass is 35.5. The minimum atomic E-state index is 0.606. The van der Waals surface area contributed by atoms with Crippen molar-refractivity contribution in [3.05, 3.63) is 41.0 Å². The van der Waals surface area contributed by atoms with E-state index in [1.807, 2.05) is 37.3 Å². The van der Waals surface area contributed by atoms with Gasteiger partial charge in [-0.3, -0.25) is 0 Å². The van der Waals surface area contributed by atoms with Crippen LogP contribution in [0.25, 0.3) is 11.3 Å². The van der Waals surface area contributed by atoms with E-state index >= 15 is 0 Å². The topological polar surface area (TPSA) is 37.8 Å². The van der Waals surface area contributed by atoms with Crippen LogP contribution in [0.4, 0.5) is 5.95 Å². The number of anilines is 1. The second kappa shape index (κ2) is 4.49. The van der Waals surface area contributed by atoms with Gasteiger partial charge in [-0.1, -0.05) is 29.8 Å². The molecule has 2 rings (SSSR count). The molecule has 0 unspecified atom stereocenters. The van der Waals surface area contributed by atoms with Crippen LogP contribution < -0.4 is 5.32 Å². The molecule has 0 amide bonds. The summed E-state index contributed by atoms with van der Waals surface area (Å²) in [6, 6.07) is 9.57. The van der Waals surface area contributed by atoms with Gasteiger partial charge in [0.1, 0.15) is 0 Å². The van der Waals surface area contributed by atoms with Crippen molar-refractivity contribution in [3.8, 4) is 11.3 Å². The molecule has 82 valence electrons. The Kier molecular flexibility index (Phi) is 3.06. The molecule has 1 N–H and O–H groups in total. The normalized spacial score (nSPS) is 10.2. The predicted octanol–water partition coefficient (Wildman–Crippen LogP) is 3.15. The van der Waals surface area contributed by atoms with Crippen molar-refractivity contribution in [2.45, 2.75) is 6.92 Å². The summed E-state index contributed by atoms with van der Waals surface area (Å²) in [4.78, 5) is 8.62. The average Bonchev–Trinajstić information content (AvgIpc) is 2.28. The smallest absolute Gasteiger partial charge is 0.223 e. The first kappa shape index (κ1) is 10.9. The van der Waals surface area contributed by atoms with Crippen LogP contribution in [0, 0.1) is 6.92 Å². The molecule has 3 nitrogen and oxygen atoms in total. The van der Waals surface area contributed by atoms with Crippen LogP contribution in [0.15, 0.2) is 30.3 Å². The summed E-state index contributed by atoms with van der Waals surface area (Å²) >= 11 is 6.13. The van der Waals surface area contributed by atoms with Crippen LogP contribution in [-0.2, 0) is 0 Å². The Labute approximate surface area is 99.5 Å². The van der Waals surface area contributed by atoms with Gasteiger partial charge in [-0.25, -0.2) is 9.97 Å². The molecule has 0 spiro atoms. The van der Waals surface area contributed by atoms with Gasteiger partial charge in [0.25, 0.3) is 0 Å². The summed E-state index contributed by atoms with van der Waals surface area (Å²) in [5.41, 5.74) is 2.67. The molecule has 0 atom stereocenters. The molecule has 0 aliphatic rings. The van der Waals surface area contributed by atoms with E-state index in [2.05, 4.69) is 15.3 Å². The number of aromatic nitrogens is 2. The highest BCUT2D eigenvalue weighted by Gasteiger charge is 2.06. The molecular weight excluding hydrogens is 222 g/mol. The standard InChI is InChI=1S/C12H12ClN3/c1-8-7-11(16-12(14-2)15-8)9-5-3-4-6-10(9)13/h3-7H,1-2H3,(H,14,15,16). The van der Waals surface area contributed by atoms with Crippen molar-refractivity contribution >= 4 is 17.5 Å². The molecule has 1 heterocycles. The number of nitrogens with zero attached hydrogens (tertiary/aromatic N) is 2. The van der Waals surface area contributed by atoms with Gasteiger partial charge in [-0.15, -0.1) is 0 Å². The van der Waals surface area contributed by atoms with E-state index in [4.69, 9.17) is 11.6 Å². The monoisotopic (exact) mass is 233 g/mol. The minimum absolute atomic E-state index is 0.606. The molecule has 4 heteroatoms. The van der Waals surface area contributed by atoms with Gasteiger partial charge in [-0.2, -0.15) is 0 Å².